The molecule has 4 rings (SSSR count). The minimum atomic E-state index is -0.390. The zero-order valence-corrected chi connectivity index (χ0v) is 20.8. The van der Waals surface area contributed by atoms with Crippen molar-refractivity contribution < 1.29 is 9.66 Å². The van der Waals surface area contributed by atoms with Crippen LogP contribution in [0.3, 0.4) is 0 Å². The lowest BCUT2D eigenvalue weighted by atomic mass is 9.96. The molecule has 0 aliphatic carbocycles. The van der Waals surface area contributed by atoms with Gasteiger partial charge in [0.2, 0.25) is 0 Å². The van der Waals surface area contributed by atoms with Crippen LogP contribution in [0.15, 0.2) is 48.7 Å². The van der Waals surface area contributed by atoms with Gasteiger partial charge in [-0.25, -0.2) is 0 Å². The standard InChI is InChI=1S/C25H29N5O3S/c1-15(2)14-28-24(23(27-25(28)34)20-8-6-7-11-26-20)19-12-16(3)29(17(19)4)21-13-18(30(31)32)9-10-22(21)33-5/h6-13,15,23-24H,14H2,1-5H3,(H,27,34)/t23-,24-/m0/s1. The van der Waals surface area contributed by atoms with Crippen LogP contribution < -0.4 is 10.1 Å². The van der Waals surface area contributed by atoms with Crippen LogP contribution in [0.4, 0.5) is 5.69 Å². The fourth-order valence-electron chi connectivity index (χ4n) is 4.76. The highest BCUT2D eigenvalue weighted by Gasteiger charge is 2.41. The van der Waals surface area contributed by atoms with Crippen molar-refractivity contribution in [1.82, 2.24) is 19.8 Å². The van der Waals surface area contributed by atoms with Gasteiger partial charge in [-0.3, -0.25) is 15.1 Å². The topological polar surface area (TPSA) is 85.5 Å². The smallest absolute Gasteiger partial charge is 0.271 e. The Labute approximate surface area is 204 Å². The third kappa shape index (κ3) is 4.23. The van der Waals surface area contributed by atoms with Gasteiger partial charge in [0.05, 0.1) is 35.5 Å². The lowest BCUT2D eigenvalue weighted by molar-refractivity contribution is -0.384. The van der Waals surface area contributed by atoms with E-state index in [2.05, 4.69) is 35.1 Å². The highest BCUT2D eigenvalue weighted by atomic mass is 32.1. The Morgan fingerprint density at radius 1 is 1.24 bits per heavy atom. The van der Waals surface area contributed by atoms with Gasteiger partial charge in [-0.1, -0.05) is 19.9 Å². The Morgan fingerprint density at radius 3 is 2.62 bits per heavy atom. The molecule has 1 saturated heterocycles. The Hall–Kier alpha value is -3.46. The van der Waals surface area contributed by atoms with Crippen LogP contribution >= 0.6 is 12.2 Å². The number of rotatable bonds is 7. The first-order chi connectivity index (χ1) is 16.2. The lowest BCUT2D eigenvalue weighted by Gasteiger charge is -2.29. The number of benzene rings is 1. The normalized spacial score (nSPS) is 17.8. The number of nitrogens with zero attached hydrogens (tertiary/aromatic N) is 4. The molecule has 0 bridgehead atoms. The number of aryl methyl sites for hydroxylation is 1. The fraction of sp³-hybridized carbons (Fsp3) is 0.360. The summed E-state index contributed by atoms with van der Waals surface area (Å²) in [7, 11) is 1.57. The van der Waals surface area contributed by atoms with Crippen molar-refractivity contribution in [2.75, 3.05) is 13.7 Å². The van der Waals surface area contributed by atoms with E-state index in [-0.39, 0.29) is 17.8 Å². The SMILES string of the molecule is COc1ccc([N+](=O)[O-])cc1-n1c(C)cc([C@H]2[C@H](c3ccccn3)NC(=S)N2CC(C)C)c1C. The maximum Gasteiger partial charge on any atom is 0.271 e. The van der Waals surface area contributed by atoms with Gasteiger partial charge in [0.15, 0.2) is 5.11 Å². The molecule has 1 aliphatic heterocycles. The minimum absolute atomic E-state index is 0.0151. The largest absolute Gasteiger partial charge is 0.495 e. The number of non-ortho nitro benzene ring substituents is 1. The van der Waals surface area contributed by atoms with Gasteiger partial charge in [-0.15, -0.1) is 0 Å². The second-order valence-corrected chi connectivity index (χ2v) is 9.33. The van der Waals surface area contributed by atoms with Crippen molar-refractivity contribution in [1.29, 1.82) is 0 Å². The molecule has 3 aromatic rings. The minimum Gasteiger partial charge on any atom is -0.495 e. The number of ether oxygens (including phenoxy) is 1. The summed E-state index contributed by atoms with van der Waals surface area (Å²) in [5.41, 5.74) is 4.59. The molecule has 0 unspecified atom stereocenters. The zero-order valence-electron chi connectivity index (χ0n) is 20.0. The molecule has 0 spiro atoms. The summed E-state index contributed by atoms with van der Waals surface area (Å²) in [5.74, 6) is 0.976. The van der Waals surface area contributed by atoms with E-state index in [0.29, 0.717) is 22.5 Å². The Kier molecular flexibility index (Phi) is 6.56. The first-order valence-electron chi connectivity index (χ1n) is 11.2. The van der Waals surface area contributed by atoms with E-state index < -0.39 is 4.92 Å². The van der Waals surface area contributed by atoms with Crippen molar-refractivity contribution in [3.8, 4) is 11.4 Å². The van der Waals surface area contributed by atoms with Crippen LogP contribution in [0.1, 0.15) is 48.6 Å². The number of thiocarbonyl (C=S) groups is 1. The number of nitrogens with one attached hydrogen (secondary N) is 1. The second kappa shape index (κ2) is 9.42. The average molecular weight is 480 g/mol. The van der Waals surface area contributed by atoms with Crippen LogP contribution in [0, 0.1) is 29.9 Å². The molecule has 0 radical (unpaired) electrons. The first kappa shape index (κ1) is 23.7. The Morgan fingerprint density at radius 2 is 2.00 bits per heavy atom. The third-order valence-corrected chi connectivity index (χ3v) is 6.52. The van der Waals surface area contributed by atoms with Crippen LogP contribution in [0.2, 0.25) is 0 Å². The van der Waals surface area contributed by atoms with E-state index >= 15 is 0 Å². The van der Waals surface area contributed by atoms with Gasteiger partial charge < -0.3 is 19.5 Å². The Bertz CT molecular complexity index is 1220. The van der Waals surface area contributed by atoms with Crippen molar-refractivity contribution in [2.45, 2.75) is 39.8 Å². The highest BCUT2D eigenvalue weighted by Crippen LogP contribution is 2.42. The molecule has 34 heavy (non-hydrogen) atoms. The van der Waals surface area contributed by atoms with E-state index in [1.807, 2.05) is 36.6 Å². The number of nitro benzene ring substituents is 1. The van der Waals surface area contributed by atoms with E-state index in [1.54, 1.807) is 25.4 Å². The number of hydrogen-bond donors (Lipinski definition) is 1. The van der Waals surface area contributed by atoms with Crippen LogP contribution in [0.25, 0.3) is 5.69 Å². The molecule has 9 heteroatoms. The summed E-state index contributed by atoms with van der Waals surface area (Å²) in [6.45, 7) is 9.17. The van der Waals surface area contributed by atoms with E-state index in [9.17, 15) is 10.1 Å². The number of aromatic nitrogens is 2. The predicted octanol–water partition coefficient (Wildman–Crippen LogP) is 5.03. The summed E-state index contributed by atoms with van der Waals surface area (Å²) in [4.78, 5) is 17.9. The lowest BCUT2D eigenvalue weighted by Crippen LogP contribution is -2.33. The number of hydrogen-bond acceptors (Lipinski definition) is 5. The molecule has 8 nitrogen and oxygen atoms in total. The van der Waals surface area contributed by atoms with Gasteiger partial charge in [-0.05, 0) is 61.8 Å². The maximum atomic E-state index is 11.5. The molecule has 2 atom stereocenters. The van der Waals surface area contributed by atoms with Gasteiger partial charge in [0.1, 0.15) is 5.75 Å². The molecule has 1 N–H and O–H groups in total. The van der Waals surface area contributed by atoms with Gasteiger partial charge in [0.25, 0.3) is 5.69 Å². The number of methoxy groups -OCH3 is 1. The quantitative estimate of drug-likeness (QED) is 0.289. The van der Waals surface area contributed by atoms with Crippen LogP contribution in [-0.2, 0) is 0 Å². The second-order valence-electron chi connectivity index (χ2n) is 8.95. The zero-order chi connectivity index (χ0) is 24.6. The van der Waals surface area contributed by atoms with E-state index in [1.165, 1.54) is 6.07 Å². The molecule has 1 aromatic carbocycles. The summed E-state index contributed by atoms with van der Waals surface area (Å²) in [5, 5.41) is 15.7. The molecule has 1 aliphatic rings. The van der Waals surface area contributed by atoms with Gasteiger partial charge in [-0.2, -0.15) is 0 Å². The molecule has 0 saturated carbocycles. The summed E-state index contributed by atoms with van der Waals surface area (Å²) in [6, 6.07) is 12.5. The molecule has 1 fully saturated rings. The van der Waals surface area contributed by atoms with E-state index in [0.717, 1.165) is 29.2 Å². The van der Waals surface area contributed by atoms with Gasteiger partial charge >= 0.3 is 0 Å². The number of nitro groups is 1. The van der Waals surface area contributed by atoms with Crippen molar-refractivity contribution in [2.24, 2.45) is 5.92 Å². The molecular weight excluding hydrogens is 450 g/mol. The van der Waals surface area contributed by atoms with E-state index in [4.69, 9.17) is 17.0 Å². The maximum absolute atomic E-state index is 11.5. The van der Waals surface area contributed by atoms with Crippen molar-refractivity contribution >= 4 is 23.0 Å². The molecule has 0 amide bonds. The third-order valence-electron chi connectivity index (χ3n) is 6.16. The summed E-state index contributed by atoms with van der Waals surface area (Å²) >= 11 is 5.76. The summed E-state index contributed by atoms with van der Waals surface area (Å²) < 4.78 is 7.58. The molecular formula is C25H29N5O3S. The molecule has 178 valence electrons. The molecule has 3 heterocycles. The van der Waals surface area contributed by atoms with Gasteiger partial charge in [0, 0.05) is 36.3 Å². The van der Waals surface area contributed by atoms with Crippen molar-refractivity contribution in [3.05, 3.63) is 81.4 Å². The van der Waals surface area contributed by atoms with Crippen molar-refractivity contribution in [3.63, 3.8) is 0 Å². The van der Waals surface area contributed by atoms with Crippen LogP contribution in [-0.4, -0.2) is 38.1 Å². The summed E-state index contributed by atoms with van der Waals surface area (Å²) in [6.07, 6.45) is 1.79. The van der Waals surface area contributed by atoms with Crippen LogP contribution in [0.5, 0.6) is 5.75 Å². The fourth-order valence-corrected chi connectivity index (χ4v) is 5.07. The molecule has 2 aromatic heterocycles. The number of pyridine rings is 1. The monoisotopic (exact) mass is 479 g/mol. The highest BCUT2D eigenvalue weighted by molar-refractivity contribution is 7.80. The predicted molar refractivity (Wildman–Crippen MR) is 135 cm³/mol. The first-order valence-corrected chi connectivity index (χ1v) is 11.6. The Balaban J connectivity index is 1.88. The average Bonchev–Trinajstić information content (AvgIpc) is 3.28.